The van der Waals surface area contributed by atoms with Crippen LogP contribution in [-0.4, -0.2) is 26.2 Å². The Morgan fingerprint density at radius 3 is 2.68 bits per heavy atom. The molecule has 1 aromatic carbocycles. The third-order valence-electron chi connectivity index (χ3n) is 3.41. The third kappa shape index (κ3) is 4.89. The highest BCUT2D eigenvalue weighted by molar-refractivity contribution is 5.85. The van der Waals surface area contributed by atoms with Gasteiger partial charge in [-0.05, 0) is 36.6 Å². The van der Waals surface area contributed by atoms with E-state index in [1.807, 2.05) is 6.07 Å². The molecule has 1 aliphatic rings. The number of methoxy groups -OCH3 is 1. The van der Waals surface area contributed by atoms with Crippen LogP contribution >= 0.6 is 24.8 Å². The van der Waals surface area contributed by atoms with Gasteiger partial charge in [-0.1, -0.05) is 12.1 Å². The van der Waals surface area contributed by atoms with Gasteiger partial charge in [0.1, 0.15) is 5.82 Å². The second-order valence-corrected chi connectivity index (χ2v) is 4.60. The largest absolute Gasteiger partial charge is 0.377 e. The van der Waals surface area contributed by atoms with Gasteiger partial charge < -0.3 is 15.8 Å². The zero-order chi connectivity index (χ0) is 12.3. The molecule has 110 valence electrons. The zero-order valence-corrected chi connectivity index (χ0v) is 12.5. The molecule has 0 bridgehead atoms. The van der Waals surface area contributed by atoms with E-state index in [2.05, 4.69) is 5.32 Å². The van der Waals surface area contributed by atoms with E-state index in [0.29, 0.717) is 5.92 Å². The number of benzene rings is 1. The van der Waals surface area contributed by atoms with Crippen LogP contribution in [-0.2, 0) is 4.74 Å². The lowest BCUT2D eigenvalue weighted by molar-refractivity contribution is 0.0802. The fraction of sp³-hybridized carbons (Fsp3) is 0.538. The van der Waals surface area contributed by atoms with Crippen molar-refractivity contribution in [2.24, 2.45) is 11.7 Å². The number of halogens is 3. The maximum Gasteiger partial charge on any atom is 0.123 e. The van der Waals surface area contributed by atoms with E-state index in [1.54, 1.807) is 13.2 Å². The maximum absolute atomic E-state index is 13.2. The summed E-state index contributed by atoms with van der Waals surface area (Å²) < 4.78 is 18.6. The lowest BCUT2D eigenvalue weighted by Gasteiger charge is -2.21. The van der Waals surface area contributed by atoms with Crippen molar-refractivity contribution >= 4 is 24.8 Å². The standard InChI is InChI=1S/C13H19FN2O.2ClH/c1-17-13(6-10-7-16-8-12(10)15)9-3-2-4-11(14)5-9;;/h2-5,10,12-13,16H,6-8,15H2,1H3;2*1H/t10-,12-,13?;;/m1../s1. The van der Waals surface area contributed by atoms with Crippen molar-refractivity contribution in [3.8, 4) is 0 Å². The van der Waals surface area contributed by atoms with Gasteiger partial charge in [-0.15, -0.1) is 24.8 Å². The minimum Gasteiger partial charge on any atom is -0.377 e. The summed E-state index contributed by atoms with van der Waals surface area (Å²) in [6.07, 6.45) is 0.746. The van der Waals surface area contributed by atoms with Crippen LogP contribution in [0.25, 0.3) is 0 Å². The highest BCUT2D eigenvalue weighted by Crippen LogP contribution is 2.27. The normalized spacial score (nSPS) is 23.3. The average Bonchev–Trinajstić information content (AvgIpc) is 2.71. The molecule has 0 spiro atoms. The Kier molecular flexibility index (Phi) is 8.54. The van der Waals surface area contributed by atoms with Gasteiger partial charge in [-0.2, -0.15) is 0 Å². The van der Waals surface area contributed by atoms with Crippen molar-refractivity contribution in [1.82, 2.24) is 5.32 Å². The maximum atomic E-state index is 13.2. The van der Waals surface area contributed by atoms with Gasteiger partial charge in [-0.25, -0.2) is 4.39 Å². The summed E-state index contributed by atoms with van der Waals surface area (Å²) in [6, 6.07) is 6.75. The lowest BCUT2D eigenvalue weighted by atomic mass is 9.93. The van der Waals surface area contributed by atoms with Gasteiger partial charge in [0.05, 0.1) is 6.10 Å². The molecular weight excluding hydrogens is 290 g/mol. The summed E-state index contributed by atoms with van der Waals surface area (Å²) in [5.74, 6) is 0.168. The molecule has 1 aromatic rings. The minimum atomic E-state index is -0.224. The Hall–Kier alpha value is -0.390. The van der Waals surface area contributed by atoms with Crippen LogP contribution in [0, 0.1) is 11.7 Å². The topological polar surface area (TPSA) is 47.3 Å². The second-order valence-electron chi connectivity index (χ2n) is 4.60. The van der Waals surface area contributed by atoms with Crippen LogP contribution < -0.4 is 11.1 Å². The van der Waals surface area contributed by atoms with Gasteiger partial charge in [0.2, 0.25) is 0 Å². The van der Waals surface area contributed by atoms with Gasteiger partial charge >= 0.3 is 0 Å². The Labute approximate surface area is 125 Å². The van der Waals surface area contributed by atoms with E-state index in [9.17, 15) is 4.39 Å². The minimum absolute atomic E-state index is 0. The number of nitrogens with one attached hydrogen (secondary N) is 1. The molecule has 3 N–H and O–H groups in total. The van der Waals surface area contributed by atoms with E-state index >= 15 is 0 Å². The molecule has 1 unspecified atom stereocenters. The molecule has 1 heterocycles. The molecule has 0 aromatic heterocycles. The van der Waals surface area contributed by atoms with Crippen molar-refractivity contribution in [2.45, 2.75) is 18.6 Å². The Morgan fingerprint density at radius 1 is 1.42 bits per heavy atom. The predicted octanol–water partition coefficient (Wildman–Crippen LogP) is 2.29. The van der Waals surface area contributed by atoms with Gasteiger partial charge in [-0.3, -0.25) is 0 Å². The van der Waals surface area contributed by atoms with Crippen LogP contribution in [0.5, 0.6) is 0 Å². The molecule has 3 nitrogen and oxygen atoms in total. The average molecular weight is 311 g/mol. The SMILES string of the molecule is COC(C[C@@H]1CNC[C@H]1N)c1cccc(F)c1.Cl.Cl. The molecule has 3 atom stereocenters. The van der Waals surface area contributed by atoms with Crippen LogP contribution in [0.4, 0.5) is 4.39 Å². The third-order valence-corrected chi connectivity index (χ3v) is 3.41. The van der Waals surface area contributed by atoms with Crippen molar-refractivity contribution in [3.63, 3.8) is 0 Å². The molecule has 0 radical (unpaired) electrons. The van der Waals surface area contributed by atoms with E-state index in [0.717, 1.165) is 25.1 Å². The van der Waals surface area contributed by atoms with E-state index in [-0.39, 0.29) is 42.8 Å². The van der Waals surface area contributed by atoms with Crippen LogP contribution in [0.3, 0.4) is 0 Å². The molecule has 1 aliphatic heterocycles. The molecule has 0 amide bonds. The predicted molar refractivity (Wildman–Crippen MR) is 79.6 cm³/mol. The molecule has 19 heavy (non-hydrogen) atoms. The number of hydrogen-bond donors (Lipinski definition) is 2. The molecule has 2 rings (SSSR count). The van der Waals surface area contributed by atoms with Crippen molar-refractivity contribution in [3.05, 3.63) is 35.6 Å². The van der Waals surface area contributed by atoms with Crippen molar-refractivity contribution in [1.29, 1.82) is 0 Å². The summed E-state index contributed by atoms with van der Waals surface area (Å²) in [5, 5.41) is 3.26. The van der Waals surface area contributed by atoms with Crippen LogP contribution in [0.1, 0.15) is 18.1 Å². The van der Waals surface area contributed by atoms with Gasteiger partial charge in [0, 0.05) is 19.7 Å². The first-order chi connectivity index (χ1) is 8.20. The Morgan fingerprint density at radius 2 is 2.16 bits per heavy atom. The van der Waals surface area contributed by atoms with E-state index < -0.39 is 0 Å². The zero-order valence-electron chi connectivity index (χ0n) is 10.8. The second kappa shape index (κ2) is 8.72. The summed E-state index contributed by atoms with van der Waals surface area (Å²) in [6.45, 7) is 1.76. The highest BCUT2D eigenvalue weighted by Gasteiger charge is 2.27. The smallest absolute Gasteiger partial charge is 0.123 e. The lowest BCUT2D eigenvalue weighted by Crippen LogP contribution is -2.30. The number of ether oxygens (including phenoxy) is 1. The van der Waals surface area contributed by atoms with Crippen LogP contribution in [0.15, 0.2) is 24.3 Å². The first kappa shape index (κ1) is 18.6. The first-order valence-corrected chi connectivity index (χ1v) is 5.95. The summed E-state index contributed by atoms with van der Waals surface area (Å²) in [7, 11) is 1.66. The van der Waals surface area contributed by atoms with Gasteiger partial charge in [0.15, 0.2) is 0 Å². The monoisotopic (exact) mass is 310 g/mol. The fourth-order valence-corrected chi connectivity index (χ4v) is 2.36. The highest BCUT2D eigenvalue weighted by atomic mass is 35.5. The Bertz CT molecular complexity index is 381. The fourth-order valence-electron chi connectivity index (χ4n) is 2.36. The van der Waals surface area contributed by atoms with E-state index in [1.165, 1.54) is 12.1 Å². The summed E-state index contributed by atoms with van der Waals surface area (Å²) in [5.41, 5.74) is 6.88. The quantitative estimate of drug-likeness (QED) is 0.897. The van der Waals surface area contributed by atoms with E-state index in [4.69, 9.17) is 10.5 Å². The van der Waals surface area contributed by atoms with Crippen molar-refractivity contribution in [2.75, 3.05) is 20.2 Å². The molecule has 0 saturated carbocycles. The molecular formula is C13H21Cl2FN2O. The number of rotatable bonds is 4. The number of nitrogens with two attached hydrogens (primary N) is 1. The molecule has 6 heteroatoms. The molecule has 1 fully saturated rings. The first-order valence-electron chi connectivity index (χ1n) is 5.95. The van der Waals surface area contributed by atoms with Gasteiger partial charge in [0.25, 0.3) is 0 Å². The van der Waals surface area contributed by atoms with Crippen molar-refractivity contribution < 1.29 is 9.13 Å². The molecule has 0 aliphatic carbocycles. The number of hydrogen-bond acceptors (Lipinski definition) is 3. The Balaban J connectivity index is 0.00000162. The van der Waals surface area contributed by atoms with Crippen LogP contribution in [0.2, 0.25) is 0 Å². The molecule has 1 saturated heterocycles. The summed E-state index contributed by atoms with van der Waals surface area (Å²) >= 11 is 0. The summed E-state index contributed by atoms with van der Waals surface area (Å²) in [4.78, 5) is 0.